The van der Waals surface area contributed by atoms with E-state index in [-0.39, 0.29) is 5.91 Å². The second kappa shape index (κ2) is 7.71. The third-order valence-electron chi connectivity index (χ3n) is 2.73. The highest BCUT2D eigenvalue weighted by molar-refractivity contribution is 5.75. The maximum Gasteiger partial charge on any atom is 0.219 e. The number of benzene rings is 1. The molecule has 0 unspecified atom stereocenters. The number of ether oxygens (including phenoxy) is 1. The summed E-state index contributed by atoms with van der Waals surface area (Å²) in [7, 11) is 3.56. The molecular formula is C14H22N2O2. The predicted molar refractivity (Wildman–Crippen MR) is 72.7 cm³/mol. The quantitative estimate of drug-likeness (QED) is 0.723. The Hall–Kier alpha value is -1.55. The predicted octanol–water partition coefficient (Wildman–Crippen LogP) is 1.62. The molecule has 0 aliphatic carbocycles. The summed E-state index contributed by atoms with van der Waals surface area (Å²) < 4.78 is 5.80. The number of para-hydroxylation sites is 1. The van der Waals surface area contributed by atoms with Crippen LogP contribution >= 0.6 is 0 Å². The first-order chi connectivity index (χ1) is 8.69. The number of hydrogen-bond donors (Lipinski definition) is 2. The second-order valence-electron chi connectivity index (χ2n) is 4.22. The van der Waals surface area contributed by atoms with Gasteiger partial charge in [-0.25, -0.2) is 0 Å². The van der Waals surface area contributed by atoms with E-state index in [0.717, 1.165) is 29.8 Å². The van der Waals surface area contributed by atoms with Crippen molar-refractivity contribution in [2.45, 2.75) is 26.3 Å². The summed E-state index contributed by atoms with van der Waals surface area (Å²) in [6.07, 6.45) is 1.23. The molecule has 0 atom stereocenters. The second-order valence-corrected chi connectivity index (χ2v) is 4.22. The molecule has 0 saturated carbocycles. The van der Waals surface area contributed by atoms with E-state index in [9.17, 15) is 4.79 Å². The van der Waals surface area contributed by atoms with Gasteiger partial charge in [0.15, 0.2) is 0 Å². The minimum atomic E-state index is 0.0545. The van der Waals surface area contributed by atoms with Gasteiger partial charge in [0, 0.05) is 25.6 Å². The van der Waals surface area contributed by atoms with Gasteiger partial charge < -0.3 is 15.4 Å². The van der Waals surface area contributed by atoms with Crippen LogP contribution in [0.15, 0.2) is 18.2 Å². The summed E-state index contributed by atoms with van der Waals surface area (Å²) in [5.74, 6) is 0.989. The number of rotatable bonds is 7. The van der Waals surface area contributed by atoms with Crippen molar-refractivity contribution in [1.82, 2.24) is 10.6 Å². The van der Waals surface area contributed by atoms with Crippen LogP contribution in [0.1, 0.15) is 24.0 Å². The molecule has 0 aliphatic rings. The number of carbonyl (C=O) groups is 1. The zero-order chi connectivity index (χ0) is 13.4. The number of carbonyl (C=O) groups excluding carboxylic acids is 1. The van der Waals surface area contributed by atoms with Crippen molar-refractivity contribution in [3.05, 3.63) is 29.3 Å². The zero-order valence-corrected chi connectivity index (χ0v) is 11.4. The van der Waals surface area contributed by atoms with Crippen LogP contribution < -0.4 is 15.4 Å². The molecule has 1 aromatic rings. The van der Waals surface area contributed by atoms with Crippen LogP contribution in [0.3, 0.4) is 0 Å². The normalized spacial score (nSPS) is 10.2. The van der Waals surface area contributed by atoms with Gasteiger partial charge in [-0.3, -0.25) is 4.79 Å². The molecule has 0 saturated heterocycles. The standard InChI is InChI=1S/C14H22N2O2/c1-11-6-4-7-12(10-15-2)14(11)18-9-5-8-13(17)16-3/h4,6-7,15H,5,8-10H2,1-3H3,(H,16,17). The van der Waals surface area contributed by atoms with Crippen LogP contribution in [-0.4, -0.2) is 26.6 Å². The minimum Gasteiger partial charge on any atom is -0.493 e. The van der Waals surface area contributed by atoms with Crippen molar-refractivity contribution in [2.24, 2.45) is 0 Å². The van der Waals surface area contributed by atoms with Gasteiger partial charge in [-0.2, -0.15) is 0 Å². The van der Waals surface area contributed by atoms with E-state index in [1.807, 2.05) is 26.1 Å². The molecule has 1 amide bonds. The van der Waals surface area contributed by atoms with Gasteiger partial charge in [-0.1, -0.05) is 18.2 Å². The molecule has 1 rings (SSSR count). The van der Waals surface area contributed by atoms with Gasteiger partial charge >= 0.3 is 0 Å². The summed E-state index contributed by atoms with van der Waals surface area (Å²) in [4.78, 5) is 11.1. The lowest BCUT2D eigenvalue weighted by Crippen LogP contribution is -2.18. The first-order valence-electron chi connectivity index (χ1n) is 6.25. The molecule has 18 heavy (non-hydrogen) atoms. The number of nitrogens with one attached hydrogen (secondary N) is 2. The summed E-state index contributed by atoms with van der Waals surface area (Å²) in [5, 5.41) is 5.73. The fourth-order valence-electron chi connectivity index (χ4n) is 1.78. The van der Waals surface area contributed by atoms with Gasteiger partial charge in [-0.15, -0.1) is 0 Å². The highest BCUT2D eigenvalue weighted by Gasteiger charge is 2.06. The van der Waals surface area contributed by atoms with Crippen LogP contribution in [0.25, 0.3) is 0 Å². The lowest BCUT2D eigenvalue weighted by Gasteiger charge is -2.13. The van der Waals surface area contributed by atoms with Crippen LogP contribution in [-0.2, 0) is 11.3 Å². The van der Waals surface area contributed by atoms with Gasteiger partial charge in [0.05, 0.1) is 6.61 Å². The van der Waals surface area contributed by atoms with Crippen molar-refractivity contribution in [1.29, 1.82) is 0 Å². The lowest BCUT2D eigenvalue weighted by molar-refractivity contribution is -0.120. The van der Waals surface area contributed by atoms with Crippen LogP contribution in [0.4, 0.5) is 0 Å². The lowest BCUT2D eigenvalue weighted by atomic mass is 10.1. The fraction of sp³-hybridized carbons (Fsp3) is 0.500. The Morgan fingerprint density at radius 1 is 1.33 bits per heavy atom. The molecule has 100 valence electrons. The van der Waals surface area contributed by atoms with E-state index in [2.05, 4.69) is 16.7 Å². The van der Waals surface area contributed by atoms with Crippen LogP contribution in [0, 0.1) is 6.92 Å². The average Bonchev–Trinajstić information content (AvgIpc) is 2.37. The van der Waals surface area contributed by atoms with E-state index in [4.69, 9.17) is 4.74 Å². The maximum absolute atomic E-state index is 11.1. The molecular weight excluding hydrogens is 228 g/mol. The molecule has 0 bridgehead atoms. The molecule has 0 heterocycles. The third kappa shape index (κ3) is 4.37. The summed E-state index contributed by atoms with van der Waals surface area (Å²) in [5.41, 5.74) is 2.28. The summed E-state index contributed by atoms with van der Waals surface area (Å²) in [6, 6.07) is 6.12. The van der Waals surface area contributed by atoms with Crippen molar-refractivity contribution >= 4 is 5.91 Å². The van der Waals surface area contributed by atoms with E-state index in [1.165, 1.54) is 0 Å². The Morgan fingerprint density at radius 3 is 2.78 bits per heavy atom. The SMILES string of the molecule is CNCc1cccc(C)c1OCCCC(=O)NC. The largest absolute Gasteiger partial charge is 0.493 e. The van der Waals surface area contributed by atoms with Gasteiger partial charge in [0.25, 0.3) is 0 Å². The monoisotopic (exact) mass is 250 g/mol. The van der Waals surface area contributed by atoms with Gasteiger partial charge in [-0.05, 0) is 26.0 Å². The number of amides is 1. The van der Waals surface area contributed by atoms with Crippen LogP contribution in [0.5, 0.6) is 5.75 Å². The van der Waals surface area contributed by atoms with Crippen LogP contribution in [0.2, 0.25) is 0 Å². The minimum absolute atomic E-state index is 0.0545. The zero-order valence-electron chi connectivity index (χ0n) is 11.4. The van der Waals surface area contributed by atoms with E-state index in [1.54, 1.807) is 7.05 Å². The van der Waals surface area contributed by atoms with Crippen molar-refractivity contribution in [2.75, 3.05) is 20.7 Å². The molecule has 0 fully saturated rings. The van der Waals surface area contributed by atoms with Crippen molar-refractivity contribution < 1.29 is 9.53 Å². The summed E-state index contributed by atoms with van der Waals surface area (Å²) >= 11 is 0. The molecule has 4 nitrogen and oxygen atoms in total. The molecule has 1 aromatic carbocycles. The first-order valence-corrected chi connectivity index (χ1v) is 6.25. The van der Waals surface area contributed by atoms with E-state index in [0.29, 0.717) is 13.0 Å². The maximum atomic E-state index is 11.1. The average molecular weight is 250 g/mol. The highest BCUT2D eigenvalue weighted by atomic mass is 16.5. The Morgan fingerprint density at radius 2 is 2.11 bits per heavy atom. The molecule has 0 radical (unpaired) electrons. The molecule has 0 aliphatic heterocycles. The Bertz CT molecular complexity index is 391. The number of hydrogen-bond acceptors (Lipinski definition) is 3. The van der Waals surface area contributed by atoms with Gasteiger partial charge in [0.1, 0.15) is 5.75 Å². The molecule has 2 N–H and O–H groups in total. The Labute approximate surface area is 109 Å². The number of aryl methyl sites for hydroxylation is 1. The summed E-state index contributed by atoms with van der Waals surface area (Å²) in [6.45, 7) is 3.38. The first kappa shape index (κ1) is 14.5. The van der Waals surface area contributed by atoms with Crippen molar-refractivity contribution in [3.8, 4) is 5.75 Å². The van der Waals surface area contributed by atoms with E-state index < -0.39 is 0 Å². The third-order valence-corrected chi connectivity index (χ3v) is 2.73. The fourth-order valence-corrected chi connectivity index (χ4v) is 1.78. The Balaban J connectivity index is 2.52. The Kier molecular flexibility index (Phi) is 6.22. The highest BCUT2D eigenvalue weighted by Crippen LogP contribution is 2.23. The van der Waals surface area contributed by atoms with E-state index >= 15 is 0 Å². The smallest absolute Gasteiger partial charge is 0.219 e. The molecule has 4 heteroatoms. The topological polar surface area (TPSA) is 50.4 Å². The van der Waals surface area contributed by atoms with Crippen molar-refractivity contribution in [3.63, 3.8) is 0 Å². The van der Waals surface area contributed by atoms with Gasteiger partial charge in [0.2, 0.25) is 5.91 Å². The molecule has 0 spiro atoms. The molecule has 0 aromatic heterocycles.